The van der Waals surface area contributed by atoms with Gasteiger partial charge in [0.25, 0.3) is 5.91 Å². The third kappa shape index (κ3) is 5.01. The van der Waals surface area contributed by atoms with Gasteiger partial charge < -0.3 is 20.2 Å². The van der Waals surface area contributed by atoms with Crippen LogP contribution >= 0.6 is 15.9 Å². The first-order chi connectivity index (χ1) is 7.99. The van der Waals surface area contributed by atoms with E-state index in [1.165, 1.54) is 6.07 Å². The molecule has 94 valence electrons. The highest BCUT2D eigenvalue weighted by molar-refractivity contribution is 9.10. The summed E-state index contributed by atoms with van der Waals surface area (Å²) in [6.45, 7) is 1.55. The monoisotopic (exact) mass is 304 g/mol. The van der Waals surface area contributed by atoms with E-state index in [9.17, 15) is 9.59 Å². The zero-order chi connectivity index (χ0) is 12.8. The fraction of sp³-hybridized carbons (Fsp3) is 0.400. The van der Waals surface area contributed by atoms with Crippen molar-refractivity contribution in [2.24, 2.45) is 0 Å². The number of amides is 2. The number of rotatable bonds is 5. The van der Waals surface area contributed by atoms with E-state index >= 15 is 0 Å². The van der Waals surface area contributed by atoms with Crippen LogP contribution in [0.1, 0.15) is 17.5 Å². The molecule has 0 aliphatic heterocycles. The van der Waals surface area contributed by atoms with E-state index in [2.05, 4.69) is 26.6 Å². The molecule has 0 saturated carbocycles. The van der Waals surface area contributed by atoms with E-state index < -0.39 is 12.0 Å². The topological polar surface area (TPSA) is 91.6 Å². The number of hydrogen-bond acceptors (Lipinski definition) is 4. The minimum Gasteiger partial charge on any atom is -0.444 e. The number of nitrogens with one attached hydrogen (secondary N) is 2. The summed E-state index contributed by atoms with van der Waals surface area (Å²) in [4.78, 5) is 22.7. The van der Waals surface area contributed by atoms with Crippen LogP contribution in [0, 0.1) is 0 Å². The number of aliphatic hydroxyl groups excluding tert-OH is 1. The van der Waals surface area contributed by atoms with Gasteiger partial charge in [0.1, 0.15) is 0 Å². The molecule has 0 spiro atoms. The number of carbonyl (C=O) groups excluding carboxylic acids is 2. The highest BCUT2D eigenvalue weighted by atomic mass is 79.9. The van der Waals surface area contributed by atoms with Gasteiger partial charge >= 0.3 is 0 Å². The molecule has 1 aromatic heterocycles. The maximum atomic E-state index is 11.4. The van der Waals surface area contributed by atoms with Crippen molar-refractivity contribution in [3.8, 4) is 0 Å². The van der Waals surface area contributed by atoms with E-state index in [1.807, 2.05) is 0 Å². The summed E-state index contributed by atoms with van der Waals surface area (Å²) in [6.07, 6.45) is -0.615. The first kappa shape index (κ1) is 13.7. The van der Waals surface area contributed by atoms with Crippen LogP contribution in [-0.4, -0.2) is 36.1 Å². The minimum absolute atomic E-state index is 0.125. The Kier molecular flexibility index (Phi) is 5.17. The molecule has 7 heteroatoms. The number of aliphatic hydroxyl groups is 1. The normalized spacial score (nSPS) is 11.9. The summed E-state index contributed by atoms with van der Waals surface area (Å²) in [6, 6.07) is 3.08. The van der Waals surface area contributed by atoms with E-state index in [4.69, 9.17) is 9.52 Å². The van der Waals surface area contributed by atoms with Crippen LogP contribution in [0.2, 0.25) is 0 Å². The van der Waals surface area contributed by atoms with Crippen LogP contribution in [0.5, 0.6) is 0 Å². The van der Waals surface area contributed by atoms with Crippen LogP contribution in [0.4, 0.5) is 0 Å². The van der Waals surface area contributed by atoms with Crippen molar-refractivity contribution < 1.29 is 19.1 Å². The van der Waals surface area contributed by atoms with Crippen LogP contribution in [-0.2, 0) is 4.79 Å². The molecular formula is C10H13BrN2O4. The molecule has 0 radical (unpaired) electrons. The van der Waals surface area contributed by atoms with Crippen molar-refractivity contribution in [1.82, 2.24) is 10.6 Å². The molecule has 17 heavy (non-hydrogen) atoms. The fourth-order valence-corrected chi connectivity index (χ4v) is 1.31. The first-order valence-electron chi connectivity index (χ1n) is 4.97. The lowest BCUT2D eigenvalue weighted by atomic mass is 10.4. The molecule has 1 rings (SSSR count). The van der Waals surface area contributed by atoms with Crippen molar-refractivity contribution in [2.75, 3.05) is 13.1 Å². The van der Waals surface area contributed by atoms with Gasteiger partial charge in [-0.3, -0.25) is 9.59 Å². The van der Waals surface area contributed by atoms with Crippen LogP contribution in [0.3, 0.4) is 0 Å². The van der Waals surface area contributed by atoms with E-state index in [-0.39, 0.29) is 24.8 Å². The van der Waals surface area contributed by atoms with Gasteiger partial charge in [0, 0.05) is 6.54 Å². The van der Waals surface area contributed by atoms with E-state index in [0.717, 1.165) is 0 Å². The van der Waals surface area contributed by atoms with Gasteiger partial charge in [-0.1, -0.05) is 0 Å². The maximum absolute atomic E-state index is 11.4. The SMILES string of the molecule is C[C@H](O)CNC(=O)CNC(=O)c1ccc(Br)o1. The molecule has 6 nitrogen and oxygen atoms in total. The molecule has 0 aromatic carbocycles. The predicted octanol–water partition coefficient (Wildman–Crippen LogP) is 0.269. The zero-order valence-corrected chi connectivity index (χ0v) is 10.8. The Balaban J connectivity index is 2.31. The lowest BCUT2D eigenvalue weighted by molar-refractivity contribution is -0.120. The van der Waals surface area contributed by atoms with Gasteiger partial charge in [-0.15, -0.1) is 0 Å². The van der Waals surface area contributed by atoms with Gasteiger partial charge in [0.2, 0.25) is 5.91 Å². The average Bonchev–Trinajstić information content (AvgIpc) is 2.70. The number of halogens is 1. The molecule has 0 aliphatic carbocycles. The fourth-order valence-electron chi connectivity index (χ4n) is 1.01. The van der Waals surface area contributed by atoms with Crippen molar-refractivity contribution in [1.29, 1.82) is 0 Å². The van der Waals surface area contributed by atoms with Gasteiger partial charge in [-0.05, 0) is 35.0 Å². The maximum Gasteiger partial charge on any atom is 0.287 e. The molecule has 0 unspecified atom stereocenters. The minimum atomic E-state index is -0.615. The smallest absolute Gasteiger partial charge is 0.287 e. The molecule has 0 aliphatic rings. The molecule has 0 fully saturated rings. The van der Waals surface area contributed by atoms with Crippen molar-refractivity contribution in [2.45, 2.75) is 13.0 Å². The second-order valence-corrected chi connectivity index (χ2v) is 4.22. The summed E-state index contributed by atoms with van der Waals surface area (Å²) < 4.78 is 5.45. The summed E-state index contributed by atoms with van der Waals surface area (Å²) in [7, 11) is 0. The average molecular weight is 305 g/mol. The number of furan rings is 1. The Morgan fingerprint density at radius 2 is 2.18 bits per heavy atom. The zero-order valence-electron chi connectivity index (χ0n) is 9.20. The summed E-state index contributed by atoms with van der Waals surface area (Å²) in [5.41, 5.74) is 0. The summed E-state index contributed by atoms with van der Waals surface area (Å²) in [5.74, 6) is -0.715. The van der Waals surface area contributed by atoms with Gasteiger partial charge in [0.15, 0.2) is 10.4 Å². The Morgan fingerprint density at radius 1 is 1.47 bits per heavy atom. The Hall–Kier alpha value is -1.34. The van der Waals surface area contributed by atoms with Crippen LogP contribution in [0.15, 0.2) is 21.2 Å². The second-order valence-electron chi connectivity index (χ2n) is 3.44. The molecule has 0 bridgehead atoms. The van der Waals surface area contributed by atoms with Gasteiger partial charge in [0.05, 0.1) is 12.6 Å². The lowest BCUT2D eigenvalue weighted by Crippen LogP contribution is -2.39. The molecular weight excluding hydrogens is 292 g/mol. The third-order valence-corrected chi connectivity index (χ3v) is 2.23. The van der Waals surface area contributed by atoms with E-state index in [0.29, 0.717) is 4.67 Å². The Labute approximate surface area is 106 Å². The molecule has 3 N–H and O–H groups in total. The van der Waals surface area contributed by atoms with Gasteiger partial charge in [-0.2, -0.15) is 0 Å². The summed E-state index contributed by atoms with van der Waals surface area (Å²) >= 11 is 3.07. The highest BCUT2D eigenvalue weighted by Gasteiger charge is 2.11. The molecule has 1 aromatic rings. The quantitative estimate of drug-likeness (QED) is 0.728. The van der Waals surface area contributed by atoms with E-state index in [1.54, 1.807) is 13.0 Å². The van der Waals surface area contributed by atoms with Crippen molar-refractivity contribution >= 4 is 27.7 Å². The van der Waals surface area contributed by atoms with Crippen molar-refractivity contribution in [3.05, 3.63) is 22.6 Å². The largest absolute Gasteiger partial charge is 0.444 e. The second kappa shape index (κ2) is 6.41. The van der Waals surface area contributed by atoms with Gasteiger partial charge in [-0.25, -0.2) is 0 Å². The number of carbonyl (C=O) groups is 2. The molecule has 1 atom stereocenters. The predicted molar refractivity (Wildman–Crippen MR) is 63.4 cm³/mol. The lowest BCUT2D eigenvalue weighted by Gasteiger charge is -2.07. The van der Waals surface area contributed by atoms with Crippen LogP contribution < -0.4 is 10.6 Å². The molecule has 2 amide bonds. The van der Waals surface area contributed by atoms with Crippen LogP contribution in [0.25, 0.3) is 0 Å². The first-order valence-corrected chi connectivity index (χ1v) is 5.76. The third-order valence-electron chi connectivity index (χ3n) is 1.80. The standard InChI is InChI=1S/C10H13BrN2O4/c1-6(14)4-12-9(15)5-13-10(16)7-2-3-8(11)17-7/h2-3,6,14H,4-5H2,1H3,(H,12,15)(H,13,16)/t6-/m0/s1. The Morgan fingerprint density at radius 3 is 2.71 bits per heavy atom. The molecule has 0 saturated heterocycles. The highest BCUT2D eigenvalue weighted by Crippen LogP contribution is 2.13. The van der Waals surface area contributed by atoms with Crippen molar-refractivity contribution in [3.63, 3.8) is 0 Å². The molecule has 1 heterocycles. The Bertz CT molecular complexity index is 403. The summed E-state index contributed by atoms with van der Waals surface area (Å²) in [5, 5.41) is 13.8. The number of hydrogen-bond donors (Lipinski definition) is 3.